The van der Waals surface area contributed by atoms with Gasteiger partial charge in [0.2, 0.25) is 0 Å². The van der Waals surface area contributed by atoms with Crippen LogP contribution in [-0.2, 0) is 0 Å². The second-order valence-electron chi connectivity index (χ2n) is 6.61. The number of hydrogen-bond donors (Lipinski definition) is 1. The van der Waals surface area contributed by atoms with Crippen LogP contribution in [-0.4, -0.2) is 66.4 Å². The summed E-state index contributed by atoms with van der Waals surface area (Å²) in [5.74, 6) is 0.841. The Kier molecular flexibility index (Phi) is 6.17. The number of hydrogen-bond acceptors (Lipinski definition) is 4. The molecule has 0 radical (unpaired) electrons. The number of rotatable bonds is 7. The minimum absolute atomic E-state index is 0.296. The molecule has 2 aliphatic heterocycles. The van der Waals surface area contributed by atoms with E-state index in [0.29, 0.717) is 30.3 Å². The van der Waals surface area contributed by atoms with Crippen molar-refractivity contribution in [1.29, 1.82) is 0 Å². The van der Waals surface area contributed by atoms with E-state index in [1.165, 1.54) is 19.3 Å². The fourth-order valence-corrected chi connectivity index (χ4v) is 4.03. The molecule has 128 valence electrons. The van der Waals surface area contributed by atoms with Crippen LogP contribution in [0.1, 0.15) is 25.7 Å². The van der Waals surface area contributed by atoms with E-state index in [4.69, 9.17) is 16.3 Å². The highest BCUT2D eigenvalue weighted by Crippen LogP contribution is 2.23. The van der Waals surface area contributed by atoms with Gasteiger partial charge in [-0.1, -0.05) is 17.7 Å². The van der Waals surface area contributed by atoms with E-state index in [1.807, 2.05) is 24.3 Å². The molecule has 2 heterocycles. The fraction of sp³-hybridized carbons (Fsp3) is 0.667. The van der Waals surface area contributed by atoms with Crippen molar-refractivity contribution in [2.45, 2.75) is 37.8 Å². The fourth-order valence-electron chi connectivity index (χ4n) is 3.85. The number of ether oxygens (including phenoxy) is 1. The second-order valence-corrected chi connectivity index (χ2v) is 7.05. The van der Waals surface area contributed by atoms with Crippen molar-refractivity contribution in [3.05, 3.63) is 29.3 Å². The standard InChI is InChI=1S/C18H27ClN2O2/c19-15-4-1-7-18(12-15)23-11-10-20-8-2-5-16(20)13-21-9-3-6-17(21)14-22/h1,4,7,12,16-17,22H,2-3,5-6,8-11,13-14H2. The van der Waals surface area contributed by atoms with Crippen molar-refractivity contribution >= 4 is 11.6 Å². The normalized spacial score (nSPS) is 26.0. The Bertz CT molecular complexity index is 500. The Morgan fingerprint density at radius 3 is 2.70 bits per heavy atom. The van der Waals surface area contributed by atoms with Crippen LogP contribution in [0.3, 0.4) is 0 Å². The first-order valence-corrected chi connectivity index (χ1v) is 9.11. The van der Waals surface area contributed by atoms with Crippen molar-refractivity contribution in [3.63, 3.8) is 0 Å². The zero-order chi connectivity index (χ0) is 16.1. The third-order valence-electron chi connectivity index (χ3n) is 5.10. The lowest BCUT2D eigenvalue weighted by Crippen LogP contribution is -2.44. The van der Waals surface area contributed by atoms with Gasteiger partial charge in [0.05, 0.1) is 6.61 Å². The van der Waals surface area contributed by atoms with Crippen LogP contribution < -0.4 is 4.74 Å². The quantitative estimate of drug-likeness (QED) is 0.829. The minimum Gasteiger partial charge on any atom is -0.492 e. The molecule has 2 fully saturated rings. The van der Waals surface area contributed by atoms with Gasteiger partial charge in [-0.25, -0.2) is 0 Å². The van der Waals surface area contributed by atoms with Gasteiger partial charge < -0.3 is 9.84 Å². The predicted octanol–water partition coefficient (Wildman–Crippen LogP) is 2.64. The molecule has 2 unspecified atom stereocenters. The first-order valence-electron chi connectivity index (χ1n) is 8.73. The van der Waals surface area contributed by atoms with E-state index >= 15 is 0 Å². The third kappa shape index (κ3) is 4.60. The molecule has 0 saturated carbocycles. The molecule has 2 atom stereocenters. The molecule has 2 saturated heterocycles. The molecule has 1 N–H and O–H groups in total. The molecule has 0 amide bonds. The minimum atomic E-state index is 0.296. The maximum atomic E-state index is 9.48. The second kappa shape index (κ2) is 8.34. The number of nitrogens with zero attached hydrogens (tertiary/aromatic N) is 2. The number of benzene rings is 1. The van der Waals surface area contributed by atoms with E-state index in [2.05, 4.69) is 9.80 Å². The molecule has 0 aromatic heterocycles. The maximum Gasteiger partial charge on any atom is 0.120 e. The summed E-state index contributed by atoms with van der Waals surface area (Å²) in [5.41, 5.74) is 0. The summed E-state index contributed by atoms with van der Waals surface area (Å²) in [5, 5.41) is 10.2. The maximum absolute atomic E-state index is 9.48. The van der Waals surface area contributed by atoms with Gasteiger partial charge >= 0.3 is 0 Å². The molecule has 0 bridgehead atoms. The van der Waals surface area contributed by atoms with Crippen LogP contribution in [0.5, 0.6) is 5.75 Å². The Morgan fingerprint density at radius 1 is 1.13 bits per heavy atom. The highest BCUT2D eigenvalue weighted by atomic mass is 35.5. The van der Waals surface area contributed by atoms with Crippen LogP contribution in [0.2, 0.25) is 5.02 Å². The topological polar surface area (TPSA) is 35.9 Å². The van der Waals surface area contributed by atoms with Crippen LogP contribution in [0.15, 0.2) is 24.3 Å². The van der Waals surface area contributed by atoms with E-state index in [9.17, 15) is 5.11 Å². The van der Waals surface area contributed by atoms with Crippen LogP contribution >= 0.6 is 11.6 Å². The van der Waals surface area contributed by atoms with Crippen molar-refractivity contribution in [2.24, 2.45) is 0 Å². The van der Waals surface area contributed by atoms with Gasteiger partial charge in [0.15, 0.2) is 0 Å². The molecule has 0 aliphatic carbocycles. The number of halogens is 1. The van der Waals surface area contributed by atoms with Gasteiger partial charge in [-0.05, 0) is 57.0 Å². The van der Waals surface area contributed by atoms with E-state index in [-0.39, 0.29) is 0 Å². The number of aliphatic hydroxyl groups is 1. The highest BCUT2D eigenvalue weighted by molar-refractivity contribution is 6.30. The molecule has 23 heavy (non-hydrogen) atoms. The predicted molar refractivity (Wildman–Crippen MR) is 93.2 cm³/mol. The lowest BCUT2D eigenvalue weighted by molar-refractivity contribution is 0.115. The number of likely N-dealkylation sites (tertiary alicyclic amines) is 2. The molecule has 5 heteroatoms. The first-order chi connectivity index (χ1) is 11.3. The zero-order valence-electron chi connectivity index (χ0n) is 13.7. The monoisotopic (exact) mass is 338 g/mol. The first kappa shape index (κ1) is 17.0. The van der Waals surface area contributed by atoms with E-state index < -0.39 is 0 Å². The Balaban J connectivity index is 1.45. The Labute approximate surface area is 144 Å². The van der Waals surface area contributed by atoms with Crippen LogP contribution in [0, 0.1) is 0 Å². The zero-order valence-corrected chi connectivity index (χ0v) is 14.4. The molecular weight excluding hydrogens is 312 g/mol. The van der Waals surface area contributed by atoms with Crippen molar-refractivity contribution in [2.75, 3.05) is 39.4 Å². The SMILES string of the molecule is OCC1CCCN1CC1CCCN1CCOc1cccc(Cl)c1. The summed E-state index contributed by atoms with van der Waals surface area (Å²) >= 11 is 5.98. The molecular formula is C18H27ClN2O2. The lowest BCUT2D eigenvalue weighted by Gasteiger charge is -2.31. The molecule has 3 rings (SSSR count). The summed E-state index contributed by atoms with van der Waals surface area (Å²) in [4.78, 5) is 5.01. The van der Waals surface area contributed by atoms with Crippen molar-refractivity contribution in [1.82, 2.24) is 9.80 Å². The lowest BCUT2D eigenvalue weighted by atomic mass is 10.2. The summed E-state index contributed by atoms with van der Waals surface area (Å²) in [6.45, 7) is 5.32. The van der Waals surface area contributed by atoms with E-state index in [0.717, 1.165) is 38.3 Å². The average Bonchev–Trinajstić information content (AvgIpc) is 3.17. The smallest absolute Gasteiger partial charge is 0.120 e. The van der Waals surface area contributed by atoms with E-state index in [1.54, 1.807) is 0 Å². The highest BCUT2D eigenvalue weighted by Gasteiger charge is 2.30. The summed E-state index contributed by atoms with van der Waals surface area (Å²) in [6, 6.07) is 8.56. The van der Waals surface area contributed by atoms with Crippen LogP contribution in [0.4, 0.5) is 0 Å². The molecule has 0 spiro atoms. The summed E-state index contributed by atoms with van der Waals surface area (Å²) in [7, 11) is 0. The summed E-state index contributed by atoms with van der Waals surface area (Å²) < 4.78 is 5.83. The van der Waals surface area contributed by atoms with Crippen molar-refractivity contribution < 1.29 is 9.84 Å². The van der Waals surface area contributed by atoms with Gasteiger partial charge in [0.1, 0.15) is 12.4 Å². The number of aliphatic hydroxyl groups excluding tert-OH is 1. The average molecular weight is 339 g/mol. The third-order valence-corrected chi connectivity index (χ3v) is 5.33. The molecule has 2 aliphatic rings. The van der Waals surface area contributed by atoms with Crippen LogP contribution in [0.25, 0.3) is 0 Å². The summed E-state index contributed by atoms with van der Waals surface area (Å²) in [6.07, 6.45) is 4.88. The van der Waals surface area contributed by atoms with Gasteiger partial charge in [-0.2, -0.15) is 0 Å². The van der Waals surface area contributed by atoms with Gasteiger partial charge in [-0.15, -0.1) is 0 Å². The van der Waals surface area contributed by atoms with Gasteiger partial charge in [0.25, 0.3) is 0 Å². The Morgan fingerprint density at radius 2 is 1.91 bits per heavy atom. The largest absolute Gasteiger partial charge is 0.492 e. The molecule has 4 nitrogen and oxygen atoms in total. The van der Waals surface area contributed by atoms with Gasteiger partial charge in [-0.3, -0.25) is 9.80 Å². The van der Waals surface area contributed by atoms with Crippen molar-refractivity contribution in [3.8, 4) is 5.75 Å². The Hall–Kier alpha value is -0.810. The molecule has 1 aromatic carbocycles. The molecule has 1 aromatic rings. The van der Waals surface area contributed by atoms with Gasteiger partial charge in [0, 0.05) is 30.2 Å².